The monoisotopic (exact) mass is 269 g/mol. The Labute approximate surface area is 118 Å². The fourth-order valence-electron chi connectivity index (χ4n) is 2.04. The molecule has 0 radical (unpaired) electrons. The number of benzene rings is 1. The highest BCUT2D eigenvalue weighted by atomic mass is 19.1. The summed E-state index contributed by atoms with van der Waals surface area (Å²) in [5.41, 5.74) is 8.67. The van der Waals surface area contributed by atoms with Gasteiger partial charge in [0.2, 0.25) is 11.4 Å². The number of nitrogens with two attached hydrogens (primary N) is 1. The van der Waals surface area contributed by atoms with Gasteiger partial charge in [-0.05, 0) is 29.8 Å². The second-order valence-corrected chi connectivity index (χ2v) is 4.40. The lowest BCUT2D eigenvalue weighted by Gasteiger charge is -2.02. The lowest BCUT2D eigenvalue weighted by Crippen LogP contribution is -2.43. The van der Waals surface area contributed by atoms with Crippen LogP contribution in [0.25, 0.3) is 18.2 Å². The Bertz CT molecular complexity index is 615. The van der Waals surface area contributed by atoms with Crippen molar-refractivity contribution in [2.45, 2.75) is 6.54 Å². The smallest absolute Gasteiger partial charge is 0.205 e. The minimum Gasteiger partial charge on any atom is -0.325 e. The van der Waals surface area contributed by atoms with Crippen molar-refractivity contribution >= 4 is 18.2 Å². The molecule has 2 aromatic rings. The summed E-state index contributed by atoms with van der Waals surface area (Å²) < 4.78 is 15.0. The first kappa shape index (κ1) is 14.2. The van der Waals surface area contributed by atoms with Crippen LogP contribution in [0.2, 0.25) is 0 Å². The van der Waals surface area contributed by atoms with Gasteiger partial charge in [0.1, 0.15) is 5.82 Å². The molecule has 0 saturated carbocycles. The Hall–Kier alpha value is -2.26. The van der Waals surface area contributed by atoms with E-state index in [0.29, 0.717) is 6.54 Å². The number of hydrogen-bond donors (Lipinski definition) is 1. The van der Waals surface area contributed by atoms with Gasteiger partial charge in [-0.25, -0.2) is 4.39 Å². The van der Waals surface area contributed by atoms with Crippen molar-refractivity contribution in [2.75, 3.05) is 6.54 Å². The molecule has 0 aliphatic rings. The molecule has 0 aliphatic heterocycles. The zero-order chi connectivity index (χ0) is 14.4. The fourth-order valence-corrected chi connectivity index (χ4v) is 2.04. The topological polar surface area (TPSA) is 29.9 Å². The predicted molar refractivity (Wildman–Crippen MR) is 81.1 cm³/mol. The van der Waals surface area contributed by atoms with Gasteiger partial charge in [-0.15, -0.1) is 0 Å². The molecule has 0 saturated heterocycles. The van der Waals surface area contributed by atoms with E-state index in [4.69, 9.17) is 5.73 Å². The minimum absolute atomic E-state index is 0.228. The van der Waals surface area contributed by atoms with Gasteiger partial charge in [-0.2, -0.15) is 4.57 Å². The van der Waals surface area contributed by atoms with Crippen molar-refractivity contribution in [3.63, 3.8) is 0 Å². The first-order chi connectivity index (χ1) is 9.74. The van der Waals surface area contributed by atoms with E-state index in [1.807, 2.05) is 36.4 Å². The van der Waals surface area contributed by atoms with Gasteiger partial charge < -0.3 is 5.73 Å². The third-order valence-electron chi connectivity index (χ3n) is 3.04. The third-order valence-corrected chi connectivity index (χ3v) is 3.04. The molecule has 2 nitrogen and oxygen atoms in total. The van der Waals surface area contributed by atoms with Crippen LogP contribution in [0.5, 0.6) is 0 Å². The lowest BCUT2D eigenvalue weighted by molar-refractivity contribution is -0.697. The number of aromatic nitrogens is 1. The largest absolute Gasteiger partial charge is 0.325 e. The molecule has 0 unspecified atom stereocenters. The molecule has 20 heavy (non-hydrogen) atoms. The molecule has 102 valence electrons. The van der Waals surface area contributed by atoms with Gasteiger partial charge in [0.05, 0.1) is 6.54 Å². The molecule has 0 bridgehead atoms. The summed E-state index contributed by atoms with van der Waals surface area (Å²) in [4.78, 5) is 0. The molecule has 2 N–H and O–H groups in total. The third kappa shape index (κ3) is 3.39. The van der Waals surface area contributed by atoms with E-state index in [1.165, 1.54) is 12.1 Å². The van der Waals surface area contributed by atoms with E-state index in [0.717, 1.165) is 23.5 Å². The van der Waals surface area contributed by atoms with Crippen LogP contribution in [0.4, 0.5) is 4.39 Å². The maximum absolute atomic E-state index is 12.9. The molecule has 0 spiro atoms. The van der Waals surface area contributed by atoms with Crippen molar-refractivity contribution in [1.82, 2.24) is 0 Å². The first-order valence-electron chi connectivity index (χ1n) is 6.53. The zero-order valence-electron chi connectivity index (χ0n) is 11.3. The quantitative estimate of drug-likeness (QED) is 0.831. The number of pyridine rings is 1. The van der Waals surface area contributed by atoms with E-state index < -0.39 is 0 Å². The maximum atomic E-state index is 12.9. The van der Waals surface area contributed by atoms with Crippen molar-refractivity contribution in [1.29, 1.82) is 0 Å². The zero-order valence-corrected chi connectivity index (χ0v) is 11.3. The molecule has 0 amide bonds. The molecule has 0 fully saturated rings. The molecular weight excluding hydrogens is 251 g/mol. The predicted octanol–water partition coefficient (Wildman–Crippen LogP) is 2.89. The van der Waals surface area contributed by atoms with E-state index in [1.54, 1.807) is 12.1 Å². The standard InChI is InChI=1S/C17H18FN2/c1-2-16-4-3-5-17(20(16)13-12-19)11-8-14-6-9-15(18)10-7-14/h2-11H,1,12-13,19H2/q+1/b11-8+. The Kier molecular flexibility index (Phi) is 4.80. The highest BCUT2D eigenvalue weighted by molar-refractivity contribution is 5.67. The van der Waals surface area contributed by atoms with Crippen LogP contribution >= 0.6 is 0 Å². The van der Waals surface area contributed by atoms with Crippen LogP contribution in [0.1, 0.15) is 17.0 Å². The molecule has 0 aliphatic carbocycles. The second kappa shape index (κ2) is 6.78. The maximum Gasteiger partial charge on any atom is 0.205 e. The summed E-state index contributed by atoms with van der Waals surface area (Å²) in [6, 6.07) is 12.4. The van der Waals surface area contributed by atoms with Crippen LogP contribution in [0.15, 0.2) is 49.0 Å². The van der Waals surface area contributed by atoms with Gasteiger partial charge >= 0.3 is 0 Å². The average molecular weight is 269 g/mol. The summed E-state index contributed by atoms with van der Waals surface area (Å²) in [5, 5.41) is 0. The molecule has 1 heterocycles. The minimum atomic E-state index is -0.228. The first-order valence-corrected chi connectivity index (χ1v) is 6.53. The van der Waals surface area contributed by atoms with Crippen molar-refractivity contribution in [2.24, 2.45) is 5.73 Å². The van der Waals surface area contributed by atoms with E-state index in [-0.39, 0.29) is 5.82 Å². The van der Waals surface area contributed by atoms with Crippen molar-refractivity contribution in [3.8, 4) is 0 Å². The molecule has 3 heteroatoms. The normalized spacial score (nSPS) is 10.9. The highest BCUT2D eigenvalue weighted by Gasteiger charge is 2.10. The van der Waals surface area contributed by atoms with E-state index in [9.17, 15) is 4.39 Å². The molecule has 2 rings (SSSR count). The van der Waals surface area contributed by atoms with Crippen LogP contribution in [-0.2, 0) is 6.54 Å². The molecule has 1 aromatic carbocycles. The Morgan fingerprint density at radius 2 is 1.75 bits per heavy atom. The Morgan fingerprint density at radius 3 is 2.40 bits per heavy atom. The highest BCUT2D eigenvalue weighted by Crippen LogP contribution is 2.08. The fraction of sp³-hybridized carbons (Fsp3) is 0.118. The average Bonchev–Trinajstić information content (AvgIpc) is 2.48. The van der Waals surface area contributed by atoms with Gasteiger partial charge in [0.15, 0.2) is 6.54 Å². The molecule has 1 aromatic heterocycles. The van der Waals surface area contributed by atoms with Gasteiger partial charge in [0, 0.05) is 24.3 Å². The molecular formula is C17H18FN2+. The Balaban J connectivity index is 2.32. The van der Waals surface area contributed by atoms with Gasteiger partial charge in [-0.1, -0.05) is 18.7 Å². The SMILES string of the molecule is C=Cc1cccc(/C=C/c2ccc(F)cc2)[n+]1CCN. The number of nitrogens with zero attached hydrogens (tertiary/aromatic N) is 1. The van der Waals surface area contributed by atoms with Crippen LogP contribution in [0.3, 0.4) is 0 Å². The van der Waals surface area contributed by atoms with Crippen LogP contribution in [0, 0.1) is 5.82 Å². The van der Waals surface area contributed by atoms with Gasteiger partial charge in [0.25, 0.3) is 0 Å². The summed E-state index contributed by atoms with van der Waals surface area (Å²) in [7, 11) is 0. The number of halogens is 1. The van der Waals surface area contributed by atoms with E-state index in [2.05, 4.69) is 11.1 Å². The summed E-state index contributed by atoms with van der Waals surface area (Å²) in [6.45, 7) is 5.11. The van der Waals surface area contributed by atoms with Gasteiger partial charge in [-0.3, -0.25) is 0 Å². The summed E-state index contributed by atoms with van der Waals surface area (Å²) in [5.74, 6) is -0.228. The summed E-state index contributed by atoms with van der Waals surface area (Å²) in [6.07, 6.45) is 5.76. The molecule has 0 atom stereocenters. The lowest BCUT2D eigenvalue weighted by atomic mass is 10.2. The number of hydrogen-bond acceptors (Lipinski definition) is 1. The van der Waals surface area contributed by atoms with Crippen LogP contribution in [-0.4, -0.2) is 6.54 Å². The second-order valence-electron chi connectivity index (χ2n) is 4.40. The summed E-state index contributed by atoms with van der Waals surface area (Å²) >= 11 is 0. The number of rotatable bonds is 5. The van der Waals surface area contributed by atoms with Crippen molar-refractivity contribution < 1.29 is 8.96 Å². The van der Waals surface area contributed by atoms with Crippen LogP contribution < -0.4 is 10.3 Å². The Morgan fingerprint density at radius 1 is 1.05 bits per heavy atom. The van der Waals surface area contributed by atoms with E-state index >= 15 is 0 Å². The van der Waals surface area contributed by atoms with Crippen molar-refractivity contribution in [3.05, 3.63) is 71.8 Å².